The average molecular weight is 421 g/mol. The number of para-hydroxylation sites is 1. The molecule has 1 aromatic heterocycles. The molecule has 2 aromatic carbocycles. The molecule has 2 saturated heterocycles. The van der Waals surface area contributed by atoms with Crippen molar-refractivity contribution in [3.8, 4) is 0 Å². The van der Waals surface area contributed by atoms with Crippen LogP contribution in [-0.2, 0) is 13.1 Å². The summed E-state index contributed by atoms with van der Waals surface area (Å²) in [5, 5.41) is 5.62. The highest BCUT2D eigenvalue weighted by molar-refractivity contribution is 6.30. The number of rotatable bonds is 5. The molecule has 0 saturated carbocycles. The summed E-state index contributed by atoms with van der Waals surface area (Å²) >= 11 is 6.02. The highest BCUT2D eigenvalue weighted by Crippen LogP contribution is 2.30. The Morgan fingerprint density at radius 1 is 1.07 bits per heavy atom. The fraction of sp³-hybridized carbons (Fsp3) is 0.400. The summed E-state index contributed by atoms with van der Waals surface area (Å²) in [5.41, 5.74) is 4.90. The number of pyridine rings is 1. The summed E-state index contributed by atoms with van der Waals surface area (Å²) in [5.74, 6) is 1.16. The van der Waals surface area contributed by atoms with Crippen LogP contribution in [-0.4, -0.2) is 42.1 Å². The Bertz CT molecular complexity index is 1030. The third-order valence-corrected chi connectivity index (χ3v) is 6.80. The molecule has 0 unspecified atom stereocenters. The van der Waals surface area contributed by atoms with E-state index >= 15 is 0 Å². The molecule has 2 fully saturated rings. The zero-order valence-corrected chi connectivity index (χ0v) is 18.3. The minimum Gasteiger partial charge on any atom is -0.353 e. The van der Waals surface area contributed by atoms with E-state index in [2.05, 4.69) is 58.4 Å². The summed E-state index contributed by atoms with van der Waals surface area (Å²) in [6, 6.07) is 17.5. The second-order valence-corrected chi connectivity index (χ2v) is 9.06. The van der Waals surface area contributed by atoms with Crippen LogP contribution < -0.4 is 10.2 Å². The Balaban J connectivity index is 1.41. The molecule has 2 aliphatic heterocycles. The molecule has 0 spiro atoms. The largest absolute Gasteiger partial charge is 0.353 e. The number of benzene rings is 2. The van der Waals surface area contributed by atoms with Crippen LogP contribution in [0.2, 0.25) is 5.02 Å². The van der Waals surface area contributed by atoms with Crippen molar-refractivity contribution in [1.29, 1.82) is 0 Å². The van der Waals surface area contributed by atoms with Gasteiger partial charge in [0.25, 0.3) is 0 Å². The number of aromatic nitrogens is 1. The van der Waals surface area contributed by atoms with E-state index in [-0.39, 0.29) is 0 Å². The van der Waals surface area contributed by atoms with Gasteiger partial charge in [-0.1, -0.05) is 41.9 Å². The molecule has 156 valence electrons. The molecule has 0 aliphatic carbocycles. The first-order valence-electron chi connectivity index (χ1n) is 11.0. The fourth-order valence-corrected chi connectivity index (χ4v) is 5.04. The van der Waals surface area contributed by atoms with Crippen molar-refractivity contribution in [2.75, 3.05) is 31.1 Å². The predicted octanol–water partition coefficient (Wildman–Crippen LogP) is 4.77. The van der Waals surface area contributed by atoms with E-state index in [1.807, 2.05) is 12.1 Å². The first-order valence-corrected chi connectivity index (χ1v) is 11.4. The Labute approximate surface area is 183 Å². The van der Waals surface area contributed by atoms with Gasteiger partial charge in [0.1, 0.15) is 5.82 Å². The number of hydrogen-bond acceptors (Lipinski definition) is 4. The lowest BCUT2D eigenvalue weighted by Crippen LogP contribution is -2.50. The third-order valence-electron chi connectivity index (χ3n) is 6.55. The Morgan fingerprint density at radius 3 is 2.80 bits per heavy atom. The first-order chi connectivity index (χ1) is 14.7. The Morgan fingerprint density at radius 2 is 1.93 bits per heavy atom. The molecule has 1 N–H and O–H groups in total. The van der Waals surface area contributed by atoms with Crippen molar-refractivity contribution in [3.63, 3.8) is 0 Å². The molecule has 0 radical (unpaired) electrons. The number of halogens is 1. The number of nitrogens with one attached hydrogen (secondary N) is 1. The summed E-state index contributed by atoms with van der Waals surface area (Å²) < 4.78 is 0. The maximum Gasteiger partial charge on any atom is 0.133 e. The number of fused-ring (bicyclic) bond motifs is 2. The van der Waals surface area contributed by atoms with Crippen LogP contribution in [0.5, 0.6) is 0 Å². The van der Waals surface area contributed by atoms with Crippen LogP contribution in [0.1, 0.15) is 29.5 Å². The lowest BCUT2D eigenvalue weighted by Gasteiger charge is -2.39. The number of piperazine rings is 1. The van der Waals surface area contributed by atoms with Gasteiger partial charge in [0.05, 0.1) is 5.52 Å². The van der Waals surface area contributed by atoms with Gasteiger partial charge < -0.3 is 10.2 Å². The van der Waals surface area contributed by atoms with Gasteiger partial charge in [0.15, 0.2) is 0 Å². The van der Waals surface area contributed by atoms with Gasteiger partial charge >= 0.3 is 0 Å². The number of nitrogens with zero attached hydrogens (tertiary/aromatic N) is 3. The van der Waals surface area contributed by atoms with E-state index in [4.69, 9.17) is 16.6 Å². The van der Waals surface area contributed by atoms with Crippen LogP contribution in [0.15, 0.2) is 48.5 Å². The lowest BCUT2D eigenvalue weighted by molar-refractivity contribution is 0.230. The topological polar surface area (TPSA) is 31.4 Å². The van der Waals surface area contributed by atoms with Crippen LogP contribution in [0.4, 0.5) is 5.82 Å². The smallest absolute Gasteiger partial charge is 0.133 e. The molecular weight excluding hydrogens is 392 g/mol. The van der Waals surface area contributed by atoms with Crippen LogP contribution in [0, 0.1) is 6.92 Å². The van der Waals surface area contributed by atoms with Crippen molar-refractivity contribution in [2.24, 2.45) is 0 Å². The van der Waals surface area contributed by atoms with Gasteiger partial charge in [-0.05, 0) is 55.6 Å². The third kappa shape index (κ3) is 4.04. The van der Waals surface area contributed by atoms with E-state index in [0.29, 0.717) is 6.04 Å². The quantitative estimate of drug-likeness (QED) is 0.644. The van der Waals surface area contributed by atoms with Crippen molar-refractivity contribution in [3.05, 3.63) is 70.2 Å². The van der Waals surface area contributed by atoms with Crippen molar-refractivity contribution < 1.29 is 0 Å². The standard InChI is InChI=1S/C25H29ClN4/c1-18-4-2-5-20-14-21(16-27-15-19-7-9-22(26)10-8-19)25(28-24(18)20)30-13-12-29-11-3-6-23(29)17-30/h2,4-5,7-10,14,23,27H,3,6,11-13,15-17H2,1H3/t23-/m1/s1. The highest BCUT2D eigenvalue weighted by atomic mass is 35.5. The maximum atomic E-state index is 6.02. The molecular formula is C25H29ClN4. The van der Waals surface area contributed by atoms with E-state index in [9.17, 15) is 0 Å². The molecule has 3 heterocycles. The number of anilines is 1. The summed E-state index contributed by atoms with van der Waals surface area (Å²) in [6.45, 7) is 8.35. The average Bonchev–Trinajstić information content (AvgIpc) is 3.23. The van der Waals surface area contributed by atoms with Gasteiger partial charge in [0.2, 0.25) is 0 Å². The zero-order valence-electron chi connectivity index (χ0n) is 17.6. The second kappa shape index (κ2) is 8.54. The van der Waals surface area contributed by atoms with Crippen LogP contribution >= 0.6 is 11.6 Å². The molecule has 3 aromatic rings. The molecule has 4 nitrogen and oxygen atoms in total. The molecule has 2 aliphatic rings. The van der Waals surface area contributed by atoms with Gasteiger partial charge in [-0.2, -0.15) is 0 Å². The molecule has 0 bridgehead atoms. The maximum absolute atomic E-state index is 6.02. The van der Waals surface area contributed by atoms with Crippen LogP contribution in [0.25, 0.3) is 10.9 Å². The Hall–Kier alpha value is -2.14. The van der Waals surface area contributed by atoms with Crippen molar-refractivity contribution in [2.45, 2.75) is 38.9 Å². The summed E-state index contributed by atoms with van der Waals surface area (Å²) in [7, 11) is 0. The van der Waals surface area contributed by atoms with Gasteiger partial charge in [-0.15, -0.1) is 0 Å². The van der Waals surface area contributed by atoms with Gasteiger partial charge in [-0.3, -0.25) is 4.90 Å². The van der Waals surface area contributed by atoms with E-state index < -0.39 is 0 Å². The molecule has 0 amide bonds. The lowest BCUT2D eigenvalue weighted by atomic mass is 10.1. The summed E-state index contributed by atoms with van der Waals surface area (Å²) in [6.07, 6.45) is 2.64. The van der Waals surface area contributed by atoms with E-state index in [1.165, 1.54) is 41.5 Å². The molecule has 5 rings (SSSR count). The minimum atomic E-state index is 0.683. The molecule has 1 atom stereocenters. The summed E-state index contributed by atoms with van der Waals surface area (Å²) in [4.78, 5) is 10.4. The Kier molecular flexibility index (Phi) is 5.64. The van der Waals surface area contributed by atoms with Crippen molar-refractivity contribution in [1.82, 2.24) is 15.2 Å². The zero-order chi connectivity index (χ0) is 20.5. The fourth-order valence-electron chi connectivity index (χ4n) is 4.91. The predicted molar refractivity (Wildman–Crippen MR) is 125 cm³/mol. The van der Waals surface area contributed by atoms with Crippen molar-refractivity contribution >= 4 is 28.3 Å². The highest BCUT2D eigenvalue weighted by Gasteiger charge is 2.31. The molecule has 30 heavy (non-hydrogen) atoms. The minimum absolute atomic E-state index is 0.683. The van der Waals surface area contributed by atoms with E-state index in [1.54, 1.807) is 0 Å². The second-order valence-electron chi connectivity index (χ2n) is 8.63. The van der Waals surface area contributed by atoms with Gasteiger partial charge in [-0.25, -0.2) is 4.98 Å². The number of aryl methyl sites for hydroxylation is 1. The normalized spacial score (nSPS) is 19.4. The monoisotopic (exact) mass is 420 g/mol. The SMILES string of the molecule is Cc1cccc2cc(CNCc3ccc(Cl)cc3)c(N3CCN4CCC[C@@H]4C3)nc12. The number of hydrogen-bond donors (Lipinski definition) is 1. The van der Waals surface area contributed by atoms with Crippen LogP contribution in [0.3, 0.4) is 0 Å². The van der Waals surface area contributed by atoms with E-state index in [0.717, 1.165) is 49.1 Å². The van der Waals surface area contributed by atoms with Gasteiger partial charge in [0, 0.05) is 54.7 Å². The first kappa shape index (κ1) is 19.8. The molecule has 5 heteroatoms.